The van der Waals surface area contributed by atoms with Crippen LogP contribution in [-0.4, -0.2) is 27.5 Å². The summed E-state index contributed by atoms with van der Waals surface area (Å²) >= 11 is 0. The van der Waals surface area contributed by atoms with Crippen molar-refractivity contribution in [1.82, 2.24) is 4.72 Å². The average molecular weight is 431 g/mol. The maximum atomic E-state index is 12.4. The van der Waals surface area contributed by atoms with E-state index in [4.69, 9.17) is 4.74 Å². The van der Waals surface area contributed by atoms with Crippen LogP contribution in [0.3, 0.4) is 0 Å². The second-order valence-electron chi connectivity index (χ2n) is 6.91. The first-order valence-corrected chi connectivity index (χ1v) is 11.7. The summed E-state index contributed by atoms with van der Waals surface area (Å²) in [6.07, 6.45) is 7.37. The highest BCUT2D eigenvalue weighted by Gasteiger charge is 2.13. The molecular formula is C23H30N2O4S. The van der Waals surface area contributed by atoms with Crippen LogP contribution in [-0.2, 0) is 10.0 Å². The molecule has 0 bridgehead atoms. The minimum absolute atomic E-state index is 0.124. The van der Waals surface area contributed by atoms with Crippen LogP contribution in [0.4, 0.5) is 5.69 Å². The molecule has 0 radical (unpaired) electrons. The topological polar surface area (TPSA) is 84.5 Å². The van der Waals surface area contributed by atoms with Crippen LogP contribution in [0.25, 0.3) is 0 Å². The number of nitrogens with one attached hydrogen (secondary N) is 2. The Labute approximate surface area is 179 Å². The molecular weight excluding hydrogens is 400 g/mol. The van der Waals surface area contributed by atoms with E-state index in [-0.39, 0.29) is 17.3 Å². The van der Waals surface area contributed by atoms with E-state index < -0.39 is 10.0 Å². The van der Waals surface area contributed by atoms with Gasteiger partial charge in [-0.25, -0.2) is 13.1 Å². The molecule has 1 amide bonds. The highest BCUT2D eigenvalue weighted by atomic mass is 32.2. The van der Waals surface area contributed by atoms with Crippen LogP contribution in [0.2, 0.25) is 0 Å². The molecule has 2 N–H and O–H groups in total. The zero-order valence-electron chi connectivity index (χ0n) is 17.4. The first-order chi connectivity index (χ1) is 14.5. The smallest absolute Gasteiger partial charge is 0.255 e. The Bertz CT molecular complexity index is 907. The van der Waals surface area contributed by atoms with E-state index in [2.05, 4.69) is 23.5 Å². The summed E-state index contributed by atoms with van der Waals surface area (Å²) in [5.74, 6) is 0.463. The predicted octanol–water partition coefficient (Wildman–Crippen LogP) is 4.75. The molecule has 0 heterocycles. The normalized spacial score (nSPS) is 11.1. The monoisotopic (exact) mass is 430 g/mol. The third-order valence-corrected chi connectivity index (χ3v) is 5.91. The molecule has 0 aromatic heterocycles. The van der Waals surface area contributed by atoms with Gasteiger partial charge in [-0.15, -0.1) is 6.58 Å². The molecule has 0 aliphatic heterocycles. The number of hydrogen-bond acceptors (Lipinski definition) is 4. The van der Waals surface area contributed by atoms with E-state index in [1.54, 1.807) is 36.4 Å². The van der Waals surface area contributed by atoms with E-state index in [0.717, 1.165) is 12.2 Å². The lowest BCUT2D eigenvalue weighted by Gasteiger charge is -2.09. The van der Waals surface area contributed by atoms with Gasteiger partial charge in [-0.3, -0.25) is 4.79 Å². The Morgan fingerprint density at radius 1 is 1.00 bits per heavy atom. The van der Waals surface area contributed by atoms with Crippen molar-refractivity contribution in [1.29, 1.82) is 0 Å². The van der Waals surface area contributed by atoms with Gasteiger partial charge in [0, 0.05) is 17.8 Å². The molecule has 7 heteroatoms. The summed E-state index contributed by atoms with van der Waals surface area (Å²) in [6, 6.07) is 13.0. The lowest BCUT2D eigenvalue weighted by molar-refractivity contribution is 0.102. The van der Waals surface area contributed by atoms with Gasteiger partial charge in [0.2, 0.25) is 10.0 Å². The zero-order valence-corrected chi connectivity index (χ0v) is 18.2. The van der Waals surface area contributed by atoms with Crippen LogP contribution >= 0.6 is 0 Å². The van der Waals surface area contributed by atoms with Crippen molar-refractivity contribution in [2.24, 2.45) is 0 Å². The van der Waals surface area contributed by atoms with Gasteiger partial charge in [0.1, 0.15) is 5.75 Å². The molecule has 0 saturated heterocycles. The minimum Gasteiger partial charge on any atom is -0.494 e. The summed E-state index contributed by atoms with van der Waals surface area (Å²) in [5, 5.41) is 2.76. The van der Waals surface area contributed by atoms with Gasteiger partial charge >= 0.3 is 0 Å². The van der Waals surface area contributed by atoms with Gasteiger partial charge in [0.15, 0.2) is 0 Å². The van der Waals surface area contributed by atoms with Crippen LogP contribution in [0.5, 0.6) is 5.75 Å². The van der Waals surface area contributed by atoms with Crippen molar-refractivity contribution in [2.75, 3.05) is 18.5 Å². The molecule has 2 rings (SSSR count). The van der Waals surface area contributed by atoms with Crippen LogP contribution in [0.1, 0.15) is 49.4 Å². The summed E-state index contributed by atoms with van der Waals surface area (Å²) in [4.78, 5) is 12.5. The third kappa shape index (κ3) is 7.65. The van der Waals surface area contributed by atoms with Crippen molar-refractivity contribution >= 4 is 21.6 Å². The number of ether oxygens (including phenoxy) is 1. The Morgan fingerprint density at radius 3 is 2.30 bits per heavy atom. The molecule has 6 nitrogen and oxygen atoms in total. The average Bonchev–Trinajstić information content (AvgIpc) is 2.75. The number of sulfonamides is 1. The molecule has 0 saturated carbocycles. The number of unbranched alkanes of at least 4 members (excludes halogenated alkanes) is 4. The second-order valence-corrected chi connectivity index (χ2v) is 8.67. The summed E-state index contributed by atoms with van der Waals surface area (Å²) in [7, 11) is -3.59. The van der Waals surface area contributed by atoms with Crippen molar-refractivity contribution in [3.63, 3.8) is 0 Å². The standard InChI is InChI=1S/C23H30N2O4S/c1-3-5-6-7-8-18-29-21-13-9-19(10-14-21)23(26)25-20-11-15-22(16-12-20)30(27,28)24-17-4-2/h4,9-16,24H,2-3,5-8,17-18H2,1H3,(H,25,26). The molecule has 0 fully saturated rings. The molecule has 0 spiro atoms. The summed E-state index contributed by atoms with van der Waals surface area (Å²) < 4.78 is 32.2. The first kappa shape index (κ1) is 23.6. The molecule has 0 aliphatic rings. The van der Waals surface area contributed by atoms with Crippen LogP contribution < -0.4 is 14.8 Å². The molecule has 0 aliphatic carbocycles. The van der Waals surface area contributed by atoms with Gasteiger partial charge in [-0.1, -0.05) is 38.7 Å². The van der Waals surface area contributed by atoms with Gasteiger partial charge in [-0.05, 0) is 55.0 Å². The third-order valence-electron chi connectivity index (χ3n) is 4.47. The van der Waals surface area contributed by atoms with Crippen molar-refractivity contribution in [3.05, 3.63) is 66.7 Å². The summed E-state index contributed by atoms with van der Waals surface area (Å²) in [5.41, 5.74) is 1.00. The second kappa shape index (κ2) is 12.1. The van der Waals surface area contributed by atoms with E-state index in [0.29, 0.717) is 17.9 Å². The fourth-order valence-electron chi connectivity index (χ4n) is 2.77. The molecule has 0 atom stereocenters. The number of amides is 1. The Hall–Kier alpha value is -2.64. The quantitative estimate of drug-likeness (QED) is 0.355. The molecule has 2 aromatic carbocycles. The number of anilines is 1. The van der Waals surface area contributed by atoms with Gasteiger partial charge in [0.05, 0.1) is 11.5 Å². The van der Waals surface area contributed by atoms with Gasteiger partial charge in [-0.2, -0.15) is 0 Å². The summed E-state index contributed by atoms with van der Waals surface area (Å²) in [6.45, 7) is 6.50. The lowest BCUT2D eigenvalue weighted by Crippen LogP contribution is -2.23. The Morgan fingerprint density at radius 2 is 1.67 bits per heavy atom. The largest absolute Gasteiger partial charge is 0.494 e. The van der Waals surface area contributed by atoms with Crippen LogP contribution in [0.15, 0.2) is 66.1 Å². The van der Waals surface area contributed by atoms with E-state index in [1.807, 2.05) is 0 Å². The first-order valence-electron chi connectivity index (χ1n) is 10.2. The highest BCUT2D eigenvalue weighted by molar-refractivity contribution is 7.89. The van der Waals surface area contributed by atoms with Crippen LogP contribution in [0, 0.1) is 0 Å². The lowest BCUT2D eigenvalue weighted by atomic mass is 10.1. The van der Waals surface area contributed by atoms with Crippen molar-refractivity contribution < 1.29 is 17.9 Å². The van der Waals surface area contributed by atoms with Gasteiger partial charge in [0.25, 0.3) is 5.91 Å². The minimum atomic E-state index is -3.59. The molecule has 30 heavy (non-hydrogen) atoms. The van der Waals surface area contributed by atoms with E-state index >= 15 is 0 Å². The van der Waals surface area contributed by atoms with Crippen molar-refractivity contribution in [3.8, 4) is 5.75 Å². The Kier molecular flexibility index (Phi) is 9.57. The number of rotatable bonds is 13. The maximum absolute atomic E-state index is 12.4. The molecule has 2 aromatic rings. The fraction of sp³-hybridized carbons (Fsp3) is 0.348. The van der Waals surface area contributed by atoms with E-state index in [9.17, 15) is 13.2 Å². The Balaban J connectivity index is 1.86. The van der Waals surface area contributed by atoms with Gasteiger partial charge < -0.3 is 10.1 Å². The molecule has 0 unspecified atom stereocenters. The highest BCUT2D eigenvalue weighted by Crippen LogP contribution is 2.17. The number of benzene rings is 2. The number of carbonyl (C=O) groups excluding carboxylic acids is 1. The van der Waals surface area contributed by atoms with Crippen molar-refractivity contribution in [2.45, 2.75) is 43.9 Å². The predicted molar refractivity (Wildman–Crippen MR) is 120 cm³/mol. The zero-order chi connectivity index (χ0) is 21.8. The number of hydrogen-bond donors (Lipinski definition) is 2. The number of carbonyl (C=O) groups is 1. The maximum Gasteiger partial charge on any atom is 0.255 e. The molecule has 162 valence electrons. The van der Waals surface area contributed by atoms with E-state index in [1.165, 1.54) is 43.9 Å². The fourth-order valence-corrected chi connectivity index (χ4v) is 3.77. The SMILES string of the molecule is C=CCNS(=O)(=O)c1ccc(NC(=O)c2ccc(OCCCCCCC)cc2)cc1.